The zero-order valence-corrected chi connectivity index (χ0v) is 13.0. The average molecular weight is 329 g/mol. The number of benzene rings is 2. The first-order chi connectivity index (χ1) is 11.0. The molecule has 0 fully saturated rings. The van der Waals surface area contributed by atoms with E-state index in [4.69, 9.17) is 16.3 Å². The summed E-state index contributed by atoms with van der Waals surface area (Å²) in [5, 5.41) is 21.7. The van der Waals surface area contributed by atoms with Gasteiger partial charge in [0, 0.05) is 0 Å². The summed E-state index contributed by atoms with van der Waals surface area (Å²) in [6.45, 7) is 0. The molecule has 2 aromatic carbocycles. The number of nitrogens with one attached hydrogen (secondary N) is 1. The Kier molecular flexibility index (Phi) is 5.23. The lowest BCUT2D eigenvalue weighted by Crippen LogP contribution is -2.13. The monoisotopic (exact) mass is 328 g/mol. The molecule has 0 saturated carbocycles. The van der Waals surface area contributed by atoms with Crippen LogP contribution in [0.25, 0.3) is 6.08 Å². The number of carbonyl (C=O) groups excluding carboxylic acids is 1. The highest BCUT2D eigenvalue weighted by atomic mass is 35.5. The first-order valence-electron chi connectivity index (χ1n) is 6.60. The number of phenols is 1. The second-order valence-electron chi connectivity index (χ2n) is 4.54. The fourth-order valence-electron chi connectivity index (χ4n) is 1.85. The van der Waals surface area contributed by atoms with Gasteiger partial charge in [-0.3, -0.25) is 4.79 Å². The molecule has 1 amide bonds. The zero-order chi connectivity index (χ0) is 16.8. The molecule has 0 aromatic heterocycles. The molecule has 0 spiro atoms. The third-order valence-electron chi connectivity index (χ3n) is 3.00. The maximum absolute atomic E-state index is 12.2. The molecule has 0 heterocycles. The van der Waals surface area contributed by atoms with Crippen LogP contribution in [0.1, 0.15) is 5.56 Å². The smallest absolute Gasteiger partial charge is 0.266 e. The number of para-hydroxylation sites is 1. The lowest BCUT2D eigenvalue weighted by Gasteiger charge is -2.07. The third-order valence-corrected chi connectivity index (χ3v) is 3.33. The van der Waals surface area contributed by atoms with E-state index in [9.17, 15) is 15.2 Å². The quantitative estimate of drug-likeness (QED) is 0.663. The van der Waals surface area contributed by atoms with E-state index >= 15 is 0 Å². The van der Waals surface area contributed by atoms with Crippen LogP contribution in [0.4, 0.5) is 5.69 Å². The van der Waals surface area contributed by atoms with Crippen LogP contribution in [0.15, 0.2) is 48.0 Å². The van der Waals surface area contributed by atoms with Crippen LogP contribution in [0.5, 0.6) is 11.5 Å². The molecule has 0 aliphatic carbocycles. The van der Waals surface area contributed by atoms with Gasteiger partial charge in [-0.25, -0.2) is 0 Å². The molecule has 0 saturated heterocycles. The molecule has 0 atom stereocenters. The minimum Gasteiger partial charge on any atom is -0.504 e. The summed E-state index contributed by atoms with van der Waals surface area (Å²) < 4.78 is 4.99. The Hall–Kier alpha value is -2.97. The van der Waals surface area contributed by atoms with E-state index in [-0.39, 0.29) is 17.1 Å². The van der Waals surface area contributed by atoms with Gasteiger partial charge in [0.1, 0.15) is 11.6 Å². The van der Waals surface area contributed by atoms with Gasteiger partial charge in [0.2, 0.25) is 0 Å². The van der Waals surface area contributed by atoms with Crippen molar-refractivity contribution < 1.29 is 14.6 Å². The van der Waals surface area contributed by atoms with Gasteiger partial charge in [-0.05, 0) is 35.9 Å². The fourth-order valence-corrected chi connectivity index (χ4v) is 2.03. The molecule has 0 aliphatic heterocycles. The zero-order valence-electron chi connectivity index (χ0n) is 12.2. The van der Waals surface area contributed by atoms with Crippen molar-refractivity contribution in [3.8, 4) is 17.6 Å². The number of aromatic hydroxyl groups is 1. The number of carbonyl (C=O) groups is 1. The summed E-state index contributed by atoms with van der Waals surface area (Å²) in [6, 6.07) is 13.1. The molecular weight excluding hydrogens is 316 g/mol. The Balaban J connectivity index is 2.27. The Bertz CT molecular complexity index is 810. The van der Waals surface area contributed by atoms with E-state index in [0.29, 0.717) is 16.3 Å². The number of hydrogen-bond donors (Lipinski definition) is 2. The van der Waals surface area contributed by atoms with Crippen LogP contribution in [0.3, 0.4) is 0 Å². The first-order valence-corrected chi connectivity index (χ1v) is 6.97. The van der Waals surface area contributed by atoms with E-state index in [1.807, 2.05) is 6.07 Å². The first kappa shape index (κ1) is 16.4. The Morgan fingerprint density at radius 3 is 2.74 bits per heavy atom. The molecule has 2 N–H and O–H groups in total. The number of ether oxygens (including phenoxy) is 1. The molecule has 116 valence electrons. The maximum Gasteiger partial charge on any atom is 0.266 e. The SMILES string of the molecule is COc1cc(/C=C(\C#N)C(=O)Nc2ccccc2Cl)ccc1O. The average Bonchev–Trinajstić information content (AvgIpc) is 2.56. The van der Waals surface area contributed by atoms with Crippen molar-refractivity contribution in [1.82, 2.24) is 0 Å². The number of nitriles is 1. The predicted octanol–water partition coefficient (Wildman–Crippen LogP) is 3.60. The number of nitrogens with zero attached hydrogens (tertiary/aromatic N) is 1. The molecule has 0 unspecified atom stereocenters. The highest BCUT2D eigenvalue weighted by Gasteiger charge is 2.12. The van der Waals surface area contributed by atoms with Crippen molar-refractivity contribution in [1.29, 1.82) is 5.26 Å². The highest BCUT2D eigenvalue weighted by molar-refractivity contribution is 6.34. The normalized spacial score (nSPS) is 10.7. The molecular formula is C17H13ClN2O3. The van der Waals surface area contributed by atoms with Gasteiger partial charge < -0.3 is 15.2 Å². The van der Waals surface area contributed by atoms with Crippen LogP contribution in [-0.4, -0.2) is 18.1 Å². The Labute approximate surface area is 138 Å². The second-order valence-corrected chi connectivity index (χ2v) is 4.94. The fraction of sp³-hybridized carbons (Fsp3) is 0.0588. The van der Waals surface area contributed by atoms with Crippen molar-refractivity contribution in [2.24, 2.45) is 0 Å². The van der Waals surface area contributed by atoms with Gasteiger partial charge in [0.25, 0.3) is 5.91 Å². The van der Waals surface area contributed by atoms with Gasteiger partial charge in [-0.2, -0.15) is 5.26 Å². The van der Waals surface area contributed by atoms with Gasteiger partial charge in [0.15, 0.2) is 11.5 Å². The maximum atomic E-state index is 12.2. The van der Waals surface area contributed by atoms with Crippen molar-refractivity contribution >= 4 is 29.3 Å². The summed E-state index contributed by atoms with van der Waals surface area (Å²) in [7, 11) is 1.41. The number of hydrogen-bond acceptors (Lipinski definition) is 4. The van der Waals surface area contributed by atoms with Crippen molar-refractivity contribution in [3.05, 3.63) is 58.6 Å². The molecule has 0 aliphatic rings. The lowest BCUT2D eigenvalue weighted by atomic mass is 10.1. The van der Waals surface area contributed by atoms with Crippen LogP contribution in [-0.2, 0) is 4.79 Å². The summed E-state index contributed by atoms with van der Waals surface area (Å²) in [4.78, 5) is 12.2. The topological polar surface area (TPSA) is 82.3 Å². The van der Waals surface area contributed by atoms with Gasteiger partial charge in [-0.1, -0.05) is 29.8 Å². The van der Waals surface area contributed by atoms with E-state index in [1.54, 1.807) is 30.3 Å². The van der Waals surface area contributed by atoms with Crippen LogP contribution in [0.2, 0.25) is 5.02 Å². The van der Waals surface area contributed by atoms with Crippen LogP contribution >= 0.6 is 11.6 Å². The van der Waals surface area contributed by atoms with E-state index in [2.05, 4.69) is 5.32 Å². The summed E-state index contributed by atoms with van der Waals surface area (Å²) in [5.74, 6) is -0.348. The van der Waals surface area contributed by atoms with Crippen molar-refractivity contribution in [2.75, 3.05) is 12.4 Å². The Morgan fingerprint density at radius 2 is 2.09 bits per heavy atom. The van der Waals surface area contributed by atoms with Crippen molar-refractivity contribution in [2.45, 2.75) is 0 Å². The van der Waals surface area contributed by atoms with E-state index < -0.39 is 5.91 Å². The summed E-state index contributed by atoms with van der Waals surface area (Å²) >= 11 is 5.97. The van der Waals surface area contributed by atoms with Crippen molar-refractivity contribution in [3.63, 3.8) is 0 Å². The molecule has 2 aromatic rings. The van der Waals surface area contributed by atoms with Gasteiger partial charge in [-0.15, -0.1) is 0 Å². The molecule has 0 radical (unpaired) electrons. The number of rotatable bonds is 4. The highest BCUT2D eigenvalue weighted by Crippen LogP contribution is 2.27. The number of amides is 1. The largest absolute Gasteiger partial charge is 0.504 e. The number of methoxy groups -OCH3 is 1. The minimum absolute atomic E-state index is 0.0244. The molecule has 23 heavy (non-hydrogen) atoms. The van der Waals surface area contributed by atoms with E-state index in [0.717, 1.165) is 0 Å². The van der Waals surface area contributed by atoms with Gasteiger partial charge in [0.05, 0.1) is 17.8 Å². The number of phenolic OH excluding ortho intramolecular Hbond substituents is 1. The van der Waals surface area contributed by atoms with Crippen LogP contribution in [0, 0.1) is 11.3 Å². The third kappa shape index (κ3) is 4.02. The standard InChI is InChI=1S/C17H13ClN2O3/c1-23-16-9-11(6-7-15(16)21)8-12(10-19)17(22)20-14-5-3-2-4-13(14)18/h2-9,21H,1H3,(H,20,22)/b12-8+. The summed E-state index contributed by atoms with van der Waals surface area (Å²) in [5.41, 5.74) is 0.867. The summed E-state index contributed by atoms with van der Waals surface area (Å²) in [6.07, 6.45) is 1.40. The lowest BCUT2D eigenvalue weighted by molar-refractivity contribution is -0.112. The van der Waals surface area contributed by atoms with E-state index in [1.165, 1.54) is 25.3 Å². The molecule has 6 heteroatoms. The number of anilines is 1. The van der Waals surface area contributed by atoms with Gasteiger partial charge >= 0.3 is 0 Å². The number of halogens is 1. The predicted molar refractivity (Wildman–Crippen MR) is 88.3 cm³/mol. The molecule has 5 nitrogen and oxygen atoms in total. The Morgan fingerprint density at radius 1 is 1.35 bits per heavy atom. The molecule has 2 rings (SSSR count). The molecule has 0 bridgehead atoms. The second kappa shape index (κ2) is 7.34. The van der Waals surface area contributed by atoms with Crippen LogP contribution < -0.4 is 10.1 Å². The minimum atomic E-state index is -0.576.